The van der Waals surface area contributed by atoms with E-state index >= 15 is 0 Å². The van der Waals surface area contributed by atoms with Gasteiger partial charge in [-0.1, -0.05) is 35.5 Å². The van der Waals surface area contributed by atoms with E-state index in [-0.39, 0.29) is 11.8 Å². The van der Waals surface area contributed by atoms with Gasteiger partial charge in [0.15, 0.2) is 5.60 Å². The Kier molecular flexibility index (Phi) is 4.97. The molecular formula is C20H26N4O3. The van der Waals surface area contributed by atoms with Gasteiger partial charge in [0.25, 0.3) is 5.91 Å². The first kappa shape index (κ1) is 18.1. The Morgan fingerprint density at radius 2 is 1.96 bits per heavy atom. The number of nitrogens with zero attached hydrogens (tertiary/aromatic N) is 4. The van der Waals surface area contributed by atoms with Gasteiger partial charge < -0.3 is 14.5 Å². The van der Waals surface area contributed by atoms with E-state index < -0.39 is 5.60 Å². The van der Waals surface area contributed by atoms with Gasteiger partial charge in [-0.05, 0) is 38.8 Å². The number of rotatable bonds is 4. The Morgan fingerprint density at radius 1 is 1.22 bits per heavy atom. The summed E-state index contributed by atoms with van der Waals surface area (Å²) in [5.74, 6) is 1.38. The van der Waals surface area contributed by atoms with Crippen LogP contribution >= 0.6 is 0 Å². The second kappa shape index (κ2) is 7.40. The molecule has 1 unspecified atom stereocenters. The van der Waals surface area contributed by atoms with Gasteiger partial charge in [-0.3, -0.25) is 9.69 Å². The smallest absolute Gasteiger partial charge is 0.255 e. The minimum absolute atomic E-state index is 0.153. The predicted octanol–water partition coefficient (Wildman–Crippen LogP) is 1.90. The molecule has 0 radical (unpaired) electrons. The predicted molar refractivity (Wildman–Crippen MR) is 100.0 cm³/mol. The summed E-state index contributed by atoms with van der Waals surface area (Å²) in [4.78, 5) is 20.8. The highest BCUT2D eigenvalue weighted by Gasteiger charge is 2.42. The van der Waals surface area contributed by atoms with Crippen molar-refractivity contribution in [3.05, 3.63) is 36.2 Å². The number of amides is 1. The van der Waals surface area contributed by atoms with Crippen molar-refractivity contribution in [3.63, 3.8) is 0 Å². The van der Waals surface area contributed by atoms with Gasteiger partial charge in [0.1, 0.15) is 0 Å². The first-order valence-electron chi connectivity index (χ1n) is 9.64. The molecule has 7 nitrogen and oxygen atoms in total. The lowest BCUT2D eigenvalue weighted by Crippen LogP contribution is -2.58. The summed E-state index contributed by atoms with van der Waals surface area (Å²) in [6, 6.07) is 9.81. The third-order valence-electron chi connectivity index (χ3n) is 5.72. The number of β-amino-alcohol motifs (C(OH)–C–C–N with tert-alkyl or cyclic N) is 1. The Labute approximate surface area is 159 Å². The summed E-state index contributed by atoms with van der Waals surface area (Å²) < 4.78 is 5.50. The quantitative estimate of drug-likeness (QED) is 0.885. The fourth-order valence-electron chi connectivity index (χ4n) is 4.13. The van der Waals surface area contributed by atoms with E-state index in [1.807, 2.05) is 30.3 Å². The number of hydrogen-bond donors (Lipinski definition) is 1. The molecule has 0 aliphatic carbocycles. The molecule has 1 N–H and O–H groups in total. The number of aliphatic hydroxyl groups is 1. The van der Waals surface area contributed by atoms with Gasteiger partial charge in [0.2, 0.25) is 11.7 Å². The Bertz CT molecular complexity index is 786. The third kappa shape index (κ3) is 3.75. The molecule has 4 rings (SSSR count). The fourth-order valence-corrected chi connectivity index (χ4v) is 4.13. The number of carbonyl (C=O) groups excluding carboxylic acids is 1. The average molecular weight is 370 g/mol. The van der Waals surface area contributed by atoms with E-state index in [2.05, 4.69) is 15.0 Å². The minimum Gasteiger partial charge on any atom is -0.379 e. The third-order valence-corrected chi connectivity index (χ3v) is 5.72. The van der Waals surface area contributed by atoms with Crippen LogP contribution in [-0.4, -0.2) is 69.8 Å². The normalized spacial score (nSPS) is 25.1. The summed E-state index contributed by atoms with van der Waals surface area (Å²) in [6.07, 6.45) is 3.16. The fraction of sp³-hybridized carbons (Fsp3) is 0.550. The molecule has 144 valence electrons. The largest absolute Gasteiger partial charge is 0.379 e. The molecule has 1 aromatic carbocycles. The molecule has 0 spiro atoms. The highest BCUT2D eigenvalue weighted by atomic mass is 16.5. The van der Waals surface area contributed by atoms with E-state index in [0.717, 1.165) is 44.5 Å². The zero-order chi connectivity index (χ0) is 18.9. The summed E-state index contributed by atoms with van der Waals surface area (Å²) in [7, 11) is 1.76. The van der Waals surface area contributed by atoms with Gasteiger partial charge in [-0.2, -0.15) is 4.98 Å². The van der Waals surface area contributed by atoms with Crippen LogP contribution in [-0.2, 0) is 4.79 Å². The second-order valence-electron chi connectivity index (χ2n) is 7.73. The molecule has 27 heavy (non-hydrogen) atoms. The van der Waals surface area contributed by atoms with Gasteiger partial charge in [0, 0.05) is 31.6 Å². The lowest BCUT2D eigenvalue weighted by Gasteiger charge is -2.41. The molecule has 7 heteroatoms. The lowest BCUT2D eigenvalue weighted by atomic mass is 9.89. The maximum atomic E-state index is 12.4. The Hall–Kier alpha value is -2.25. The molecule has 2 saturated heterocycles. The molecule has 2 fully saturated rings. The van der Waals surface area contributed by atoms with E-state index in [1.165, 1.54) is 0 Å². The number of likely N-dealkylation sites (tertiary alicyclic amines) is 2. The highest BCUT2D eigenvalue weighted by Crippen LogP contribution is 2.30. The molecule has 0 bridgehead atoms. The first-order chi connectivity index (χ1) is 13.0. The van der Waals surface area contributed by atoms with Gasteiger partial charge >= 0.3 is 0 Å². The van der Waals surface area contributed by atoms with Gasteiger partial charge in [-0.25, -0.2) is 0 Å². The number of piperidine rings is 2. The zero-order valence-corrected chi connectivity index (χ0v) is 15.7. The first-order valence-corrected chi connectivity index (χ1v) is 9.64. The van der Waals surface area contributed by atoms with Crippen LogP contribution in [0.5, 0.6) is 0 Å². The Balaban J connectivity index is 1.35. The minimum atomic E-state index is -1.25. The van der Waals surface area contributed by atoms with Crippen LogP contribution in [0.2, 0.25) is 0 Å². The second-order valence-corrected chi connectivity index (χ2v) is 7.73. The molecule has 3 heterocycles. The number of carbonyl (C=O) groups is 1. The van der Waals surface area contributed by atoms with Crippen LogP contribution in [0.25, 0.3) is 11.4 Å². The van der Waals surface area contributed by atoms with E-state index in [4.69, 9.17) is 4.52 Å². The van der Waals surface area contributed by atoms with Crippen molar-refractivity contribution < 1.29 is 14.4 Å². The molecule has 2 aromatic rings. The summed E-state index contributed by atoms with van der Waals surface area (Å²) in [5, 5.41) is 14.9. The van der Waals surface area contributed by atoms with E-state index in [9.17, 15) is 9.90 Å². The highest BCUT2D eigenvalue weighted by molar-refractivity contribution is 5.85. The van der Waals surface area contributed by atoms with Crippen LogP contribution < -0.4 is 0 Å². The number of hydrogen-bond acceptors (Lipinski definition) is 6. The molecule has 1 amide bonds. The van der Waals surface area contributed by atoms with Crippen molar-refractivity contribution in [1.29, 1.82) is 0 Å². The topological polar surface area (TPSA) is 82.7 Å². The maximum absolute atomic E-state index is 12.4. The lowest BCUT2D eigenvalue weighted by molar-refractivity contribution is -0.158. The van der Waals surface area contributed by atoms with Crippen molar-refractivity contribution in [2.75, 3.05) is 33.2 Å². The molecule has 2 aliphatic heterocycles. The Morgan fingerprint density at radius 3 is 2.70 bits per heavy atom. The molecule has 0 saturated carbocycles. The maximum Gasteiger partial charge on any atom is 0.255 e. The molecular weight excluding hydrogens is 344 g/mol. The number of benzene rings is 1. The molecule has 2 aliphatic rings. The van der Waals surface area contributed by atoms with Crippen molar-refractivity contribution >= 4 is 5.91 Å². The van der Waals surface area contributed by atoms with Crippen molar-refractivity contribution in [3.8, 4) is 11.4 Å². The van der Waals surface area contributed by atoms with Crippen LogP contribution in [0.3, 0.4) is 0 Å². The van der Waals surface area contributed by atoms with Crippen molar-refractivity contribution in [2.24, 2.45) is 0 Å². The van der Waals surface area contributed by atoms with E-state index in [0.29, 0.717) is 24.7 Å². The number of aromatic nitrogens is 2. The molecule has 1 aromatic heterocycles. The van der Waals surface area contributed by atoms with E-state index in [1.54, 1.807) is 11.9 Å². The zero-order valence-electron chi connectivity index (χ0n) is 15.7. The summed E-state index contributed by atoms with van der Waals surface area (Å²) in [5.41, 5.74) is -0.294. The monoisotopic (exact) mass is 370 g/mol. The number of likely N-dealkylation sites (N-methyl/N-ethyl adjacent to an activating group) is 1. The average Bonchev–Trinajstić information content (AvgIpc) is 3.18. The van der Waals surface area contributed by atoms with Crippen molar-refractivity contribution in [1.82, 2.24) is 19.9 Å². The summed E-state index contributed by atoms with van der Waals surface area (Å²) in [6.45, 7) is 2.76. The van der Waals surface area contributed by atoms with Gasteiger partial charge in [0.05, 0.1) is 0 Å². The van der Waals surface area contributed by atoms with Crippen LogP contribution in [0.4, 0.5) is 0 Å². The standard InChI is InChI=1S/C20H26N4O3/c1-23-11-5-10-20(26,19(23)25)14-24-12-8-16(9-13-24)18-21-17(22-27-18)15-6-3-2-4-7-15/h2-4,6-7,16,26H,5,8-14H2,1H3. The van der Waals surface area contributed by atoms with Crippen LogP contribution in [0.1, 0.15) is 37.5 Å². The van der Waals surface area contributed by atoms with Crippen molar-refractivity contribution in [2.45, 2.75) is 37.2 Å². The van der Waals surface area contributed by atoms with Gasteiger partial charge in [-0.15, -0.1) is 0 Å². The van der Waals surface area contributed by atoms with Crippen LogP contribution in [0.15, 0.2) is 34.9 Å². The van der Waals surface area contributed by atoms with Crippen LogP contribution in [0, 0.1) is 0 Å². The SMILES string of the molecule is CN1CCCC(O)(CN2CCC(c3nc(-c4ccccc4)no3)CC2)C1=O. The summed E-state index contributed by atoms with van der Waals surface area (Å²) >= 11 is 0. The molecule has 1 atom stereocenters.